The lowest BCUT2D eigenvalue weighted by atomic mass is 10.0. The summed E-state index contributed by atoms with van der Waals surface area (Å²) in [7, 11) is 0. The Morgan fingerprint density at radius 1 is 0.581 bits per heavy atom. The molecular weight excluding hydrogens is 378 g/mol. The summed E-state index contributed by atoms with van der Waals surface area (Å²) in [5.74, 6) is -0.134. The van der Waals surface area contributed by atoms with Crippen molar-refractivity contribution in [2.45, 2.75) is 155 Å². The molecule has 0 radical (unpaired) electrons. The number of carbonyl (C=O) groups excluding carboxylic acids is 1. The van der Waals surface area contributed by atoms with E-state index in [9.17, 15) is 4.79 Å². The van der Waals surface area contributed by atoms with Crippen LogP contribution in [0, 0.1) is 0 Å². The zero-order valence-corrected chi connectivity index (χ0v) is 21.1. The fourth-order valence-corrected chi connectivity index (χ4v) is 4.15. The number of hydrogen-bond donors (Lipinski definition) is 1. The number of amides is 1. The van der Waals surface area contributed by atoms with E-state index in [1.807, 2.05) is 6.08 Å². The van der Waals surface area contributed by atoms with E-state index in [4.69, 9.17) is 0 Å². The molecule has 0 aliphatic heterocycles. The van der Waals surface area contributed by atoms with Gasteiger partial charge in [-0.15, -0.1) is 0 Å². The van der Waals surface area contributed by atoms with Crippen molar-refractivity contribution >= 4 is 5.91 Å². The highest BCUT2D eigenvalue weighted by atomic mass is 16.1. The summed E-state index contributed by atoms with van der Waals surface area (Å²) >= 11 is 0. The summed E-state index contributed by atoms with van der Waals surface area (Å²) in [6.45, 7) is 5.72. The average molecular weight is 434 g/mol. The van der Waals surface area contributed by atoms with Crippen LogP contribution in [-0.4, -0.2) is 5.91 Å². The third-order valence-electron chi connectivity index (χ3n) is 6.25. The monoisotopic (exact) mass is 433 g/mol. The van der Waals surface area contributed by atoms with Crippen LogP contribution in [0.5, 0.6) is 0 Å². The van der Waals surface area contributed by atoms with Crippen molar-refractivity contribution in [1.29, 1.82) is 0 Å². The van der Waals surface area contributed by atoms with E-state index in [2.05, 4.69) is 18.8 Å². The maximum absolute atomic E-state index is 11.0. The molecule has 0 bridgehead atoms. The Kier molecular flexibility index (Phi) is 26.1. The lowest BCUT2D eigenvalue weighted by molar-refractivity contribution is -0.115. The first kappa shape index (κ1) is 29.9. The lowest BCUT2D eigenvalue weighted by Gasteiger charge is -2.04. The van der Waals surface area contributed by atoms with Crippen LogP contribution in [-0.2, 0) is 4.79 Å². The molecule has 31 heavy (non-hydrogen) atoms. The number of allylic oxidation sites excluding steroid dienone is 1. The van der Waals surface area contributed by atoms with Crippen LogP contribution >= 0.6 is 0 Å². The molecule has 182 valence electrons. The van der Waals surface area contributed by atoms with Gasteiger partial charge >= 0.3 is 0 Å². The predicted octanol–water partition coefficient (Wildman–Crippen LogP) is 9.79. The molecule has 0 saturated carbocycles. The molecule has 0 aromatic carbocycles. The van der Waals surface area contributed by atoms with Crippen LogP contribution < -0.4 is 5.32 Å². The summed E-state index contributed by atoms with van der Waals surface area (Å²) in [4.78, 5) is 11.0. The van der Waals surface area contributed by atoms with Gasteiger partial charge in [0.1, 0.15) is 0 Å². The van der Waals surface area contributed by atoms with Gasteiger partial charge in [0.05, 0.1) is 0 Å². The van der Waals surface area contributed by atoms with Crippen LogP contribution in [0.15, 0.2) is 24.9 Å². The van der Waals surface area contributed by atoms with Gasteiger partial charge in [-0.05, 0) is 18.9 Å². The highest BCUT2D eigenvalue weighted by Gasteiger charge is 1.95. The maximum Gasteiger partial charge on any atom is 0.247 e. The van der Waals surface area contributed by atoms with E-state index in [0.29, 0.717) is 0 Å². The second-order valence-electron chi connectivity index (χ2n) is 9.33. The van der Waals surface area contributed by atoms with Crippen LogP contribution in [0.4, 0.5) is 0 Å². The summed E-state index contributed by atoms with van der Waals surface area (Å²) in [5.41, 5.74) is 0. The van der Waals surface area contributed by atoms with Crippen LogP contribution in [0.25, 0.3) is 0 Å². The summed E-state index contributed by atoms with van der Waals surface area (Å²) < 4.78 is 0. The first-order valence-electron chi connectivity index (χ1n) is 13.9. The molecule has 0 aliphatic rings. The van der Waals surface area contributed by atoms with Crippen molar-refractivity contribution in [3.05, 3.63) is 24.9 Å². The van der Waals surface area contributed by atoms with Gasteiger partial charge in [-0.1, -0.05) is 154 Å². The molecule has 0 aromatic rings. The van der Waals surface area contributed by atoms with Gasteiger partial charge in [0.15, 0.2) is 0 Å². The van der Waals surface area contributed by atoms with Gasteiger partial charge in [0.2, 0.25) is 5.91 Å². The molecule has 0 aromatic heterocycles. The molecule has 0 aliphatic carbocycles. The Morgan fingerprint density at radius 3 is 1.23 bits per heavy atom. The minimum absolute atomic E-state index is 0.134. The van der Waals surface area contributed by atoms with Crippen LogP contribution in [0.3, 0.4) is 0 Å². The third-order valence-corrected chi connectivity index (χ3v) is 6.25. The number of rotatable bonds is 25. The van der Waals surface area contributed by atoms with Crippen molar-refractivity contribution in [1.82, 2.24) is 5.32 Å². The first-order valence-corrected chi connectivity index (χ1v) is 13.9. The van der Waals surface area contributed by atoms with E-state index in [-0.39, 0.29) is 5.91 Å². The van der Waals surface area contributed by atoms with Gasteiger partial charge in [-0.25, -0.2) is 0 Å². The number of carbonyl (C=O) groups is 1. The van der Waals surface area contributed by atoms with Crippen molar-refractivity contribution in [2.24, 2.45) is 0 Å². The summed E-state index contributed by atoms with van der Waals surface area (Å²) in [6, 6.07) is 0. The van der Waals surface area contributed by atoms with Gasteiger partial charge in [0, 0.05) is 6.20 Å². The highest BCUT2D eigenvalue weighted by molar-refractivity contribution is 5.87. The van der Waals surface area contributed by atoms with Crippen LogP contribution in [0.2, 0.25) is 0 Å². The largest absolute Gasteiger partial charge is 0.329 e. The Bertz CT molecular complexity index is 402. The third kappa shape index (κ3) is 26.9. The van der Waals surface area contributed by atoms with Crippen LogP contribution in [0.1, 0.15) is 155 Å². The fraction of sp³-hybridized carbons (Fsp3) is 0.828. The van der Waals surface area contributed by atoms with Gasteiger partial charge in [0.25, 0.3) is 0 Å². The average Bonchev–Trinajstić information content (AvgIpc) is 2.78. The zero-order valence-electron chi connectivity index (χ0n) is 21.1. The lowest BCUT2D eigenvalue weighted by Crippen LogP contribution is -2.12. The maximum atomic E-state index is 11.0. The number of nitrogens with one attached hydrogen (secondary N) is 1. The van der Waals surface area contributed by atoms with Crippen molar-refractivity contribution in [2.75, 3.05) is 0 Å². The SMILES string of the molecule is C=CC(=O)NC=CCCCCCCCCCCCCCCCCCCCCCCCC. The van der Waals surface area contributed by atoms with Crippen molar-refractivity contribution in [3.63, 3.8) is 0 Å². The minimum atomic E-state index is -0.134. The zero-order chi connectivity index (χ0) is 22.7. The molecule has 0 rings (SSSR count). The molecule has 0 fully saturated rings. The van der Waals surface area contributed by atoms with E-state index in [1.165, 1.54) is 147 Å². The highest BCUT2D eigenvalue weighted by Crippen LogP contribution is 2.15. The van der Waals surface area contributed by atoms with Gasteiger partial charge in [-0.3, -0.25) is 4.79 Å². The smallest absolute Gasteiger partial charge is 0.247 e. The number of unbranched alkanes of at least 4 members (excludes halogenated alkanes) is 22. The first-order chi connectivity index (χ1) is 15.3. The molecule has 1 amide bonds. The van der Waals surface area contributed by atoms with Crippen molar-refractivity contribution < 1.29 is 4.79 Å². The molecule has 0 unspecified atom stereocenters. The number of hydrogen-bond acceptors (Lipinski definition) is 1. The van der Waals surface area contributed by atoms with Gasteiger partial charge < -0.3 is 5.32 Å². The Morgan fingerprint density at radius 2 is 0.903 bits per heavy atom. The quantitative estimate of drug-likeness (QED) is 0.113. The molecule has 2 heteroatoms. The molecule has 0 atom stereocenters. The summed E-state index contributed by atoms with van der Waals surface area (Å²) in [6.07, 6.45) is 37.5. The second-order valence-corrected chi connectivity index (χ2v) is 9.33. The Labute approximate surface area is 195 Å². The predicted molar refractivity (Wildman–Crippen MR) is 139 cm³/mol. The Balaban J connectivity index is 3.06. The topological polar surface area (TPSA) is 29.1 Å². The van der Waals surface area contributed by atoms with E-state index in [0.717, 1.165) is 6.42 Å². The molecular formula is C29H55NO. The molecule has 1 N–H and O–H groups in total. The van der Waals surface area contributed by atoms with Crippen molar-refractivity contribution in [3.8, 4) is 0 Å². The Hall–Kier alpha value is -1.05. The second kappa shape index (κ2) is 27.0. The van der Waals surface area contributed by atoms with E-state index in [1.54, 1.807) is 6.20 Å². The van der Waals surface area contributed by atoms with E-state index < -0.39 is 0 Å². The minimum Gasteiger partial charge on any atom is -0.329 e. The fourth-order valence-electron chi connectivity index (χ4n) is 4.15. The van der Waals surface area contributed by atoms with Gasteiger partial charge in [-0.2, -0.15) is 0 Å². The standard InChI is InChI=1S/C29H55NO/c1-3-5-6-7-8-9-10-11-12-13-14-15-16-17-18-19-20-21-22-23-24-25-26-27-28-30-29(31)4-2/h4,27-28H,2-3,5-26H2,1H3,(H,30,31). The molecule has 0 spiro atoms. The molecule has 0 heterocycles. The normalized spacial score (nSPS) is 11.3. The molecule has 2 nitrogen and oxygen atoms in total. The molecule has 0 saturated heterocycles. The van der Waals surface area contributed by atoms with E-state index >= 15 is 0 Å². The summed E-state index contributed by atoms with van der Waals surface area (Å²) in [5, 5.41) is 2.66.